The lowest BCUT2D eigenvalue weighted by Crippen LogP contribution is -2.47. The predicted molar refractivity (Wildman–Crippen MR) is 208 cm³/mol. The molecule has 3 aliphatic rings. The van der Waals surface area contributed by atoms with Crippen LogP contribution in [0, 0.1) is 0 Å². The molecule has 288 valence electrons. The van der Waals surface area contributed by atoms with Gasteiger partial charge >= 0.3 is 11.9 Å². The van der Waals surface area contributed by atoms with Crippen LogP contribution < -0.4 is 20.1 Å². The van der Waals surface area contributed by atoms with Crippen LogP contribution in [0.5, 0.6) is 11.8 Å². The van der Waals surface area contributed by atoms with Crippen molar-refractivity contribution in [3.05, 3.63) is 98.7 Å². The molecule has 1 aliphatic carbocycles. The number of rotatable bonds is 12. The molecule has 0 bridgehead atoms. The van der Waals surface area contributed by atoms with Crippen molar-refractivity contribution in [2.45, 2.75) is 88.6 Å². The number of likely N-dealkylation sites (tertiary alicyclic amines) is 1. The lowest BCUT2D eigenvalue weighted by molar-refractivity contribution is -0.145. The maximum atomic E-state index is 13.8. The topological polar surface area (TPSA) is 163 Å². The van der Waals surface area contributed by atoms with E-state index in [1.807, 2.05) is 35.2 Å². The molecular formula is C41H43Cl2N5O7. The van der Waals surface area contributed by atoms with E-state index < -0.39 is 29.9 Å². The zero-order valence-corrected chi connectivity index (χ0v) is 31.9. The largest absolute Gasteiger partial charge is 0.481 e. The average molecular weight is 789 g/mol. The molecule has 0 radical (unpaired) electrons. The van der Waals surface area contributed by atoms with E-state index in [2.05, 4.69) is 20.6 Å². The van der Waals surface area contributed by atoms with Crippen molar-refractivity contribution >= 4 is 46.9 Å². The summed E-state index contributed by atoms with van der Waals surface area (Å²) >= 11 is 13.8. The number of halogens is 2. The van der Waals surface area contributed by atoms with Gasteiger partial charge in [-0.1, -0.05) is 66.0 Å². The first-order chi connectivity index (χ1) is 26.6. The second kappa shape index (κ2) is 16.9. The number of carbonyl (C=O) groups is 3. The van der Waals surface area contributed by atoms with Gasteiger partial charge in [0.2, 0.25) is 11.8 Å². The van der Waals surface area contributed by atoms with E-state index in [4.69, 9.17) is 32.7 Å². The first-order valence-corrected chi connectivity index (χ1v) is 19.4. The Morgan fingerprint density at radius 3 is 2.55 bits per heavy atom. The van der Waals surface area contributed by atoms with Crippen molar-refractivity contribution in [1.82, 2.24) is 20.2 Å². The number of hydrogen-bond donors (Lipinski definition) is 4. The Labute approximate surface area is 329 Å². The third-order valence-corrected chi connectivity index (χ3v) is 11.5. The fourth-order valence-electron chi connectivity index (χ4n) is 8.12. The molecule has 2 aromatic heterocycles. The number of aromatic nitrogens is 2. The van der Waals surface area contributed by atoms with E-state index in [0.29, 0.717) is 83.6 Å². The standard InChI is InChI=1S/C41H43Cl2N5O7/c1-54-38-24(22-48-19-3-2-15-33(48)41(52)53)21-31(42)39(47-38)55-34-17-16-27-26(10-5-11-28(27)34)29-12-6-13-30(35(29)43)37(49)46-36-23(8-7-18-44-36)20-25-9-4-14-32(45-25)40(50)51/h5-8,10-13,18,21,25,32-34,45H,2-4,9,14-17,19-20,22H2,1H3,(H,50,51)(H,52,53)(H,44,46,49)/t25?,32?,33-,34+/m1/s1. The predicted octanol–water partition coefficient (Wildman–Crippen LogP) is 7.35. The van der Waals surface area contributed by atoms with E-state index >= 15 is 0 Å². The van der Waals surface area contributed by atoms with E-state index in [1.165, 1.54) is 7.11 Å². The van der Waals surface area contributed by atoms with Crippen LogP contribution in [0.25, 0.3) is 11.1 Å². The van der Waals surface area contributed by atoms with Crippen molar-refractivity contribution < 1.29 is 34.1 Å². The summed E-state index contributed by atoms with van der Waals surface area (Å²) in [5.74, 6) is -1.14. The van der Waals surface area contributed by atoms with Crippen LogP contribution in [0.2, 0.25) is 10.0 Å². The lowest BCUT2D eigenvalue weighted by Gasteiger charge is -2.33. The van der Waals surface area contributed by atoms with Crippen molar-refractivity contribution in [2.24, 2.45) is 0 Å². The molecule has 2 aromatic carbocycles. The number of carboxylic acid groups (broad SMARTS) is 2. The van der Waals surface area contributed by atoms with Gasteiger partial charge in [-0.2, -0.15) is 4.98 Å². The number of nitrogens with one attached hydrogen (secondary N) is 2. The number of aliphatic carboxylic acids is 2. The third kappa shape index (κ3) is 8.42. The zero-order chi connectivity index (χ0) is 38.6. The normalized spacial score (nSPS) is 21.1. The van der Waals surface area contributed by atoms with Gasteiger partial charge in [0.1, 0.15) is 29.0 Å². The number of carbonyl (C=O) groups excluding carboxylic acids is 1. The quantitative estimate of drug-likeness (QED) is 0.114. The molecule has 2 aliphatic heterocycles. The number of carboxylic acids is 2. The number of pyridine rings is 2. The van der Waals surface area contributed by atoms with Crippen LogP contribution in [0.3, 0.4) is 0 Å². The summed E-state index contributed by atoms with van der Waals surface area (Å²) in [7, 11) is 1.52. The van der Waals surface area contributed by atoms with Crippen LogP contribution in [0.15, 0.2) is 60.8 Å². The molecule has 55 heavy (non-hydrogen) atoms. The summed E-state index contributed by atoms with van der Waals surface area (Å²) in [4.78, 5) is 48.2. The van der Waals surface area contributed by atoms with E-state index in [1.54, 1.807) is 30.5 Å². The lowest BCUT2D eigenvalue weighted by atomic mass is 9.94. The average Bonchev–Trinajstić information content (AvgIpc) is 3.59. The first-order valence-electron chi connectivity index (χ1n) is 18.6. The first kappa shape index (κ1) is 38.5. The van der Waals surface area contributed by atoms with E-state index in [9.17, 15) is 24.6 Å². The van der Waals surface area contributed by atoms with E-state index in [-0.39, 0.29) is 18.0 Å². The van der Waals surface area contributed by atoms with Gasteiger partial charge in [0.05, 0.1) is 17.7 Å². The van der Waals surface area contributed by atoms with Crippen molar-refractivity contribution in [1.29, 1.82) is 0 Å². The van der Waals surface area contributed by atoms with Crippen LogP contribution in [0.1, 0.15) is 83.7 Å². The van der Waals surface area contributed by atoms with Gasteiger partial charge < -0.3 is 30.3 Å². The number of nitrogens with zero attached hydrogens (tertiary/aromatic N) is 3. The highest BCUT2D eigenvalue weighted by Crippen LogP contribution is 2.44. The molecule has 0 saturated carbocycles. The summed E-state index contributed by atoms with van der Waals surface area (Å²) in [5.41, 5.74) is 5.38. The van der Waals surface area contributed by atoms with Crippen molar-refractivity contribution in [3.63, 3.8) is 0 Å². The summed E-state index contributed by atoms with van der Waals surface area (Å²) in [6, 6.07) is 15.5. The van der Waals surface area contributed by atoms with Crippen LogP contribution in [-0.2, 0) is 29.0 Å². The van der Waals surface area contributed by atoms with Gasteiger partial charge in [-0.3, -0.25) is 19.3 Å². The zero-order valence-electron chi connectivity index (χ0n) is 30.4. The molecule has 2 unspecified atom stereocenters. The third-order valence-electron chi connectivity index (χ3n) is 10.8. The summed E-state index contributed by atoms with van der Waals surface area (Å²) in [6.07, 6.45) is 7.72. The summed E-state index contributed by atoms with van der Waals surface area (Å²) < 4.78 is 12.1. The SMILES string of the molecule is COc1nc(O[C@H]2CCc3c(-c4cccc(C(=O)Nc5ncccc5CC5CCCC(C(=O)O)N5)c4Cl)cccc32)c(Cl)cc1CN1CCCC[C@@H]1C(=O)O. The second-order valence-electron chi connectivity index (χ2n) is 14.3. The van der Waals surface area contributed by atoms with Gasteiger partial charge in [0.25, 0.3) is 5.91 Å². The van der Waals surface area contributed by atoms with Crippen LogP contribution in [-0.4, -0.2) is 74.7 Å². The van der Waals surface area contributed by atoms with Crippen molar-refractivity contribution in [2.75, 3.05) is 19.0 Å². The monoisotopic (exact) mass is 787 g/mol. The molecule has 1 amide bonds. The molecule has 0 spiro atoms. The van der Waals surface area contributed by atoms with Crippen LogP contribution in [0.4, 0.5) is 5.82 Å². The molecule has 4 heterocycles. The van der Waals surface area contributed by atoms with Gasteiger partial charge in [-0.25, -0.2) is 4.98 Å². The Kier molecular flexibility index (Phi) is 11.9. The fraction of sp³-hybridized carbons (Fsp3) is 0.390. The number of methoxy groups -OCH3 is 1. The molecule has 4 N–H and O–H groups in total. The number of amides is 1. The number of fused-ring (bicyclic) bond motifs is 1. The maximum absolute atomic E-state index is 13.8. The maximum Gasteiger partial charge on any atom is 0.320 e. The Morgan fingerprint density at radius 1 is 0.927 bits per heavy atom. The highest BCUT2D eigenvalue weighted by molar-refractivity contribution is 6.37. The molecule has 2 saturated heterocycles. The smallest absolute Gasteiger partial charge is 0.320 e. The summed E-state index contributed by atoms with van der Waals surface area (Å²) in [5, 5.41) is 26.0. The Balaban J connectivity index is 1.08. The molecule has 12 nitrogen and oxygen atoms in total. The molecule has 7 rings (SSSR count). The van der Waals surface area contributed by atoms with Gasteiger partial charge in [0.15, 0.2) is 0 Å². The number of piperidine rings is 2. The number of benzene rings is 2. The summed E-state index contributed by atoms with van der Waals surface area (Å²) in [6.45, 7) is 1.01. The van der Waals surface area contributed by atoms with Gasteiger partial charge in [-0.05, 0) is 98.4 Å². The second-order valence-corrected chi connectivity index (χ2v) is 15.1. The highest BCUT2D eigenvalue weighted by Gasteiger charge is 2.32. The molecule has 4 atom stereocenters. The molecule has 14 heteroatoms. The Hall–Kier alpha value is -4.75. The minimum Gasteiger partial charge on any atom is -0.481 e. The number of hydrogen-bond acceptors (Lipinski definition) is 9. The van der Waals surface area contributed by atoms with Crippen molar-refractivity contribution in [3.8, 4) is 22.9 Å². The van der Waals surface area contributed by atoms with Gasteiger partial charge in [-0.15, -0.1) is 0 Å². The van der Waals surface area contributed by atoms with Crippen LogP contribution >= 0.6 is 23.2 Å². The minimum atomic E-state index is -0.860. The minimum absolute atomic E-state index is 0.0548. The number of ether oxygens (including phenoxy) is 2. The van der Waals surface area contributed by atoms with E-state index in [0.717, 1.165) is 47.9 Å². The van der Waals surface area contributed by atoms with Gasteiger partial charge in [0, 0.05) is 29.9 Å². The number of anilines is 1. The Bertz CT molecular complexity index is 2100. The fourth-order valence-corrected chi connectivity index (χ4v) is 8.65. The Morgan fingerprint density at radius 2 is 1.75 bits per heavy atom. The highest BCUT2D eigenvalue weighted by atomic mass is 35.5. The molecule has 2 fully saturated rings. The molecule has 4 aromatic rings. The molecular weight excluding hydrogens is 745 g/mol.